The van der Waals surface area contributed by atoms with Crippen LogP contribution >= 0.6 is 0 Å². The van der Waals surface area contributed by atoms with E-state index in [0.29, 0.717) is 5.82 Å². The number of amides is 1. The van der Waals surface area contributed by atoms with Crippen LogP contribution in [-0.2, 0) is 11.3 Å². The number of aromatic nitrogens is 1. The van der Waals surface area contributed by atoms with Crippen molar-refractivity contribution in [2.75, 3.05) is 31.9 Å². The molecule has 0 unspecified atom stereocenters. The van der Waals surface area contributed by atoms with E-state index in [4.69, 9.17) is 10.5 Å². The van der Waals surface area contributed by atoms with E-state index < -0.39 is 5.60 Å². The van der Waals surface area contributed by atoms with E-state index in [0.717, 1.165) is 32.7 Å². The topological polar surface area (TPSA) is 71.7 Å². The van der Waals surface area contributed by atoms with Gasteiger partial charge in [0.1, 0.15) is 11.4 Å². The number of carbonyl (C=O) groups excluding carboxylic acids is 1. The second-order valence-electron chi connectivity index (χ2n) is 7.57. The van der Waals surface area contributed by atoms with Gasteiger partial charge in [0.05, 0.1) is 0 Å². The number of hydrogen-bond acceptors (Lipinski definition) is 5. The highest BCUT2D eigenvalue weighted by molar-refractivity contribution is 5.69. The Balaban J connectivity index is 1.43. The molecule has 0 aromatic carbocycles. The molecule has 0 aliphatic carbocycles. The molecule has 6 nitrogen and oxygen atoms in total. The van der Waals surface area contributed by atoms with E-state index in [2.05, 4.69) is 9.88 Å². The SMILES string of the molecule is CC(C)(C)OC(=O)N1CC2(CN(Cc3ccc(N)nc3)C2)C1. The van der Waals surface area contributed by atoms with Crippen molar-refractivity contribution in [3.63, 3.8) is 0 Å². The first-order valence-corrected chi connectivity index (χ1v) is 7.65. The van der Waals surface area contributed by atoms with Crippen LogP contribution in [0.3, 0.4) is 0 Å². The third kappa shape index (κ3) is 3.16. The number of nitrogen functional groups attached to an aromatic ring is 1. The summed E-state index contributed by atoms with van der Waals surface area (Å²) in [5.41, 5.74) is 6.62. The Kier molecular flexibility index (Phi) is 3.51. The molecule has 1 spiro atoms. The molecule has 120 valence electrons. The molecule has 2 saturated heterocycles. The number of ether oxygens (including phenoxy) is 1. The third-order valence-electron chi connectivity index (χ3n) is 4.08. The minimum Gasteiger partial charge on any atom is -0.444 e. The van der Waals surface area contributed by atoms with Crippen LogP contribution in [0, 0.1) is 5.41 Å². The van der Waals surface area contributed by atoms with Crippen LogP contribution in [-0.4, -0.2) is 52.7 Å². The van der Waals surface area contributed by atoms with Crippen LogP contribution in [0.5, 0.6) is 0 Å². The maximum absolute atomic E-state index is 11.9. The summed E-state index contributed by atoms with van der Waals surface area (Å²) in [6.07, 6.45) is 1.63. The quantitative estimate of drug-likeness (QED) is 0.900. The standard InChI is InChI=1S/C16H24N4O2/c1-15(2,3)22-14(21)20-10-16(11-20)8-19(9-16)7-12-4-5-13(17)18-6-12/h4-6H,7-11H2,1-3H3,(H2,17,18). The van der Waals surface area contributed by atoms with Crippen LogP contribution in [0.15, 0.2) is 18.3 Å². The summed E-state index contributed by atoms with van der Waals surface area (Å²) >= 11 is 0. The highest BCUT2D eigenvalue weighted by Crippen LogP contribution is 2.40. The van der Waals surface area contributed by atoms with Crippen molar-refractivity contribution in [2.24, 2.45) is 5.41 Å². The maximum Gasteiger partial charge on any atom is 0.410 e. The van der Waals surface area contributed by atoms with Gasteiger partial charge in [0.2, 0.25) is 0 Å². The fourth-order valence-electron chi connectivity index (χ4n) is 3.22. The van der Waals surface area contributed by atoms with E-state index in [9.17, 15) is 4.79 Å². The summed E-state index contributed by atoms with van der Waals surface area (Å²) in [4.78, 5) is 20.2. The summed E-state index contributed by atoms with van der Waals surface area (Å²) in [6.45, 7) is 10.2. The Hall–Kier alpha value is -1.82. The highest BCUT2D eigenvalue weighted by Gasteiger charge is 2.53. The van der Waals surface area contributed by atoms with Gasteiger partial charge in [-0.05, 0) is 32.4 Å². The predicted octanol–water partition coefficient (Wildman–Crippen LogP) is 1.72. The zero-order valence-electron chi connectivity index (χ0n) is 13.5. The second kappa shape index (κ2) is 5.12. The first kappa shape index (κ1) is 15.1. The van der Waals surface area contributed by atoms with Gasteiger partial charge in [-0.2, -0.15) is 0 Å². The summed E-state index contributed by atoms with van der Waals surface area (Å²) < 4.78 is 5.39. The Morgan fingerprint density at radius 2 is 2.00 bits per heavy atom. The Morgan fingerprint density at radius 1 is 1.32 bits per heavy atom. The summed E-state index contributed by atoms with van der Waals surface area (Å²) in [5.74, 6) is 0.552. The van der Waals surface area contributed by atoms with Gasteiger partial charge in [-0.3, -0.25) is 4.90 Å². The van der Waals surface area contributed by atoms with Crippen molar-refractivity contribution in [2.45, 2.75) is 32.9 Å². The van der Waals surface area contributed by atoms with Crippen LogP contribution < -0.4 is 5.73 Å². The van der Waals surface area contributed by atoms with Crippen LogP contribution in [0.4, 0.5) is 10.6 Å². The molecule has 0 bridgehead atoms. The molecular weight excluding hydrogens is 280 g/mol. The predicted molar refractivity (Wildman–Crippen MR) is 84.2 cm³/mol. The van der Waals surface area contributed by atoms with E-state index >= 15 is 0 Å². The minimum absolute atomic E-state index is 0.195. The van der Waals surface area contributed by atoms with Crippen molar-refractivity contribution >= 4 is 11.9 Å². The van der Waals surface area contributed by atoms with E-state index in [1.165, 1.54) is 5.56 Å². The number of carbonyl (C=O) groups is 1. The molecule has 22 heavy (non-hydrogen) atoms. The Morgan fingerprint density at radius 3 is 2.55 bits per heavy atom. The number of hydrogen-bond donors (Lipinski definition) is 1. The zero-order valence-corrected chi connectivity index (χ0v) is 13.5. The smallest absolute Gasteiger partial charge is 0.410 e. The normalized spacial score (nSPS) is 20.4. The number of nitrogens with two attached hydrogens (primary N) is 1. The molecule has 2 aliphatic rings. The lowest BCUT2D eigenvalue weighted by molar-refractivity contribution is -0.115. The molecule has 3 heterocycles. The number of rotatable bonds is 2. The maximum atomic E-state index is 11.9. The molecular formula is C16H24N4O2. The molecule has 2 N–H and O–H groups in total. The largest absolute Gasteiger partial charge is 0.444 e. The van der Waals surface area contributed by atoms with Crippen molar-refractivity contribution < 1.29 is 9.53 Å². The molecule has 1 amide bonds. The monoisotopic (exact) mass is 304 g/mol. The van der Waals surface area contributed by atoms with Gasteiger partial charge in [0.15, 0.2) is 0 Å². The Bertz CT molecular complexity index is 551. The molecule has 1 aromatic rings. The third-order valence-corrected chi connectivity index (χ3v) is 4.08. The van der Waals surface area contributed by atoms with Gasteiger partial charge in [0, 0.05) is 44.3 Å². The van der Waals surface area contributed by atoms with Gasteiger partial charge in [-0.1, -0.05) is 6.07 Å². The minimum atomic E-state index is -0.423. The molecule has 2 aliphatic heterocycles. The highest BCUT2D eigenvalue weighted by atomic mass is 16.6. The molecule has 1 aromatic heterocycles. The lowest BCUT2D eigenvalue weighted by Gasteiger charge is -2.60. The van der Waals surface area contributed by atoms with Crippen LogP contribution in [0.25, 0.3) is 0 Å². The Labute approximate surface area is 131 Å². The van der Waals surface area contributed by atoms with E-state index in [-0.39, 0.29) is 11.5 Å². The van der Waals surface area contributed by atoms with Gasteiger partial charge in [-0.15, -0.1) is 0 Å². The van der Waals surface area contributed by atoms with E-state index in [1.54, 1.807) is 4.90 Å². The van der Waals surface area contributed by atoms with Crippen LogP contribution in [0.2, 0.25) is 0 Å². The summed E-state index contributed by atoms with van der Waals surface area (Å²) in [7, 11) is 0. The number of likely N-dealkylation sites (tertiary alicyclic amines) is 2. The van der Waals surface area contributed by atoms with Gasteiger partial charge in [-0.25, -0.2) is 9.78 Å². The van der Waals surface area contributed by atoms with Gasteiger partial charge < -0.3 is 15.4 Å². The lowest BCUT2D eigenvalue weighted by Crippen LogP contribution is -2.72. The second-order valence-corrected chi connectivity index (χ2v) is 7.57. The number of pyridine rings is 1. The lowest BCUT2D eigenvalue weighted by atomic mass is 9.73. The fraction of sp³-hybridized carbons (Fsp3) is 0.625. The van der Waals surface area contributed by atoms with Gasteiger partial charge in [0.25, 0.3) is 0 Å². The number of anilines is 1. The van der Waals surface area contributed by atoms with Gasteiger partial charge >= 0.3 is 6.09 Å². The summed E-state index contributed by atoms with van der Waals surface area (Å²) in [5, 5.41) is 0. The number of nitrogens with zero attached hydrogens (tertiary/aromatic N) is 3. The fourth-order valence-corrected chi connectivity index (χ4v) is 3.22. The zero-order chi connectivity index (χ0) is 16.0. The van der Waals surface area contributed by atoms with Crippen molar-refractivity contribution in [3.8, 4) is 0 Å². The first-order valence-electron chi connectivity index (χ1n) is 7.65. The molecule has 0 radical (unpaired) electrons. The van der Waals surface area contributed by atoms with E-state index in [1.807, 2.05) is 39.1 Å². The van der Waals surface area contributed by atoms with Crippen molar-refractivity contribution in [1.82, 2.24) is 14.8 Å². The van der Waals surface area contributed by atoms with Crippen molar-refractivity contribution in [3.05, 3.63) is 23.9 Å². The summed E-state index contributed by atoms with van der Waals surface area (Å²) in [6, 6.07) is 3.85. The van der Waals surface area contributed by atoms with Crippen LogP contribution in [0.1, 0.15) is 26.3 Å². The molecule has 2 fully saturated rings. The first-order chi connectivity index (χ1) is 10.2. The molecule has 0 atom stereocenters. The molecule has 0 saturated carbocycles. The molecule has 6 heteroatoms. The average molecular weight is 304 g/mol. The molecule has 3 rings (SSSR count). The average Bonchev–Trinajstić information content (AvgIpc) is 2.30. The van der Waals surface area contributed by atoms with Crippen molar-refractivity contribution in [1.29, 1.82) is 0 Å².